The van der Waals surface area contributed by atoms with E-state index in [9.17, 15) is 102 Å². The monoisotopic (exact) mass is 1670 g/mol. The third-order valence-electron chi connectivity index (χ3n) is 28.6. The Kier molecular flexibility index (Phi) is 27.5. The smallest absolute Gasteiger partial charge is 0.331 e. The van der Waals surface area contributed by atoms with E-state index in [-0.39, 0.29) is 31.1 Å². The van der Waals surface area contributed by atoms with Crippen LogP contribution >= 0.6 is 0 Å². The Hall–Kier alpha value is -4.13. The van der Waals surface area contributed by atoms with Crippen molar-refractivity contribution in [1.29, 1.82) is 0 Å². The number of amides is 1. The van der Waals surface area contributed by atoms with Crippen LogP contribution in [0.15, 0.2) is 48.1 Å². The number of hydrogen-bond donors (Lipinski definition) is 19. The van der Waals surface area contributed by atoms with Gasteiger partial charge in [-0.3, -0.25) is 9.59 Å². The highest BCUT2D eigenvalue weighted by Gasteiger charge is 2.72. The lowest BCUT2D eigenvalue weighted by molar-refractivity contribution is -0.390. The number of hydrogen-bond acceptors (Lipinski definition) is 36. The molecule has 13 rings (SSSR count). The topological polar surface area (TPSA) is 566 Å². The molecule has 1 aromatic carbocycles. The van der Waals surface area contributed by atoms with Gasteiger partial charge in [0.05, 0.1) is 57.3 Å². The van der Waals surface area contributed by atoms with Gasteiger partial charge < -0.3 is 168 Å². The summed E-state index contributed by atoms with van der Waals surface area (Å²) in [4.78, 5) is 43.5. The Morgan fingerprint density at radius 3 is 1.70 bits per heavy atom. The predicted molar refractivity (Wildman–Crippen MR) is 394 cm³/mol. The average molecular weight is 1670 g/mol. The first kappa shape index (κ1) is 90.6. The average Bonchev–Trinajstić information content (AvgIpc) is 0.849. The maximum atomic E-state index is 16.4. The molecule has 7 heterocycles. The SMILES string of the molecule is CC(=O)N[C@H]1[C@H](O[C@H]2CC[C@]3(C)[C@H]4CC=C5[C@@H]6CC(C)(C)[C@@H](OC(=O)C=Cc7ccccc7)C[C@]6(C(=O)O[C@@H]6O[C@H](CO)[C@@H](O)[C@H](O)[C@H]6O[C@@H]6O[C@@H](C)[C@H](O[C@@H]7O[C@@H](CO)[C@H](O)[C@H]7O)[C@@H](O[C@@H]7O[C@H](CO)[C@@H](O)[C@H](O)[C@H]7O)[C@H]6O)CC[C@@]5(C)[C@]4(C)CC[C@H]3C2(C)C)O[C@H](CO[C@@H]2OC[C@H](O)[C@H](O)[C@H]2O[C@@H]2OC[C@@H](O)[C@H](O)[C@H]2O)[C@@H](O)[C@@H]1O. The molecule has 7 aliphatic heterocycles. The zero-order valence-corrected chi connectivity index (χ0v) is 67.0. The van der Waals surface area contributed by atoms with Crippen molar-refractivity contribution >= 4 is 23.9 Å². The van der Waals surface area contributed by atoms with Gasteiger partial charge >= 0.3 is 11.9 Å². The molecule has 0 aromatic heterocycles. The summed E-state index contributed by atoms with van der Waals surface area (Å²) in [6.45, 7) is 13.7. The zero-order chi connectivity index (χ0) is 84.8. The third-order valence-corrected chi connectivity index (χ3v) is 28.6. The summed E-state index contributed by atoms with van der Waals surface area (Å²) in [6.07, 6.45) is -46.4. The number of ether oxygens (including phenoxy) is 15. The normalized spacial score (nSPS) is 49.7. The summed E-state index contributed by atoms with van der Waals surface area (Å²) in [5.41, 5.74) is -2.85. The molecule has 1 aromatic rings. The van der Waals surface area contributed by atoms with Gasteiger partial charge in [0.25, 0.3) is 0 Å². The van der Waals surface area contributed by atoms with Crippen molar-refractivity contribution in [2.45, 2.75) is 329 Å². The molecule has 1 amide bonds. The molecule has 5 aliphatic carbocycles. The minimum Gasteiger partial charge on any atom is -0.459 e. The van der Waals surface area contributed by atoms with Crippen LogP contribution in [0.2, 0.25) is 0 Å². The fraction of sp³-hybridized carbons (Fsp3) is 0.838. The van der Waals surface area contributed by atoms with Gasteiger partial charge in [0.1, 0.15) is 146 Å². The number of aliphatic hydroxyl groups excluding tert-OH is 18. The Balaban J connectivity index is 0.772. The fourth-order valence-electron chi connectivity index (χ4n) is 21.5. The lowest BCUT2D eigenvalue weighted by Gasteiger charge is -2.71. The molecular weight excluding hydrogens is 1550 g/mol. The number of allylic oxidation sites excluding steroid dienone is 2. The van der Waals surface area contributed by atoms with Crippen LogP contribution in [0.4, 0.5) is 0 Å². The summed E-state index contributed by atoms with van der Waals surface area (Å²) in [7, 11) is 0. The van der Waals surface area contributed by atoms with Gasteiger partial charge in [-0.25, -0.2) is 4.79 Å². The number of rotatable bonds is 22. The van der Waals surface area contributed by atoms with Crippen LogP contribution in [0, 0.1) is 50.2 Å². The molecule has 117 heavy (non-hydrogen) atoms. The van der Waals surface area contributed by atoms with Crippen LogP contribution in [0.1, 0.15) is 126 Å². The van der Waals surface area contributed by atoms with E-state index in [2.05, 4.69) is 46.0 Å². The van der Waals surface area contributed by atoms with Gasteiger partial charge in [-0.2, -0.15) is 0 Å². The van der Waals surface area contributed by atoms with Gasteiger partial charge in [0.15, 0.2) is 43.8 Å². The summed E-state index contributed by atoms with van der Waals surface area (Å²) >= 11 is 0. The molecule has 37 heteroatoms. The first-order valence-electron chi connectivity index (χ1n) is 40.7. The largest absolute Gasteiger partial charge is 0.459 e. The number of nitrogens with one attached hydrogen (secondary N) is 1. The van der Waals surface area contributed by atoms with Crippen LogP contribution in [0.5, 0.6) is 0 Å². The molecule has 0 radical (unpaired) electrons. The highest BCUT2D eigenvalue weighted by Crippen LogP contribution is 2.76. The fourth-order valence-corrected chi connectivity index (χ4v) is 21.5. The first-order chi connectivity index (χ1) is 55.2. The molecule has 12 aliphatic rings. The lowest BCUT2D eigenvalue weighted by atomic mass is 9.33. The van der Waals surface area contributed by atoms with Gasteiger partial charge in [0, 0.05) is 24.8 Å². The van der Waals surface area contributed by atoms with Crippen molar-refractivity contribution in [3.05, 3.63) is 53.6 Å². The molecular formula is C80H121NO36. The van der Waals surface area contributed by atoms with E-state index < -0.39 is 305 Å². The number of benzene rings is 1. The Morgan fingerprint density at radius 2 is 1.05 bits per heavy atom. The van der Waals surface area contributed by atoms with Crippen LogP contribution in [-0.2, 0) is 85.4 Å². The maximum Gasteiger partial charge on any atom is 0.331 e. The van der Waals surface area contributed by atoms with Crippen LogP contribution in [-0.4, -0.2) is 358 Å². The standard InChI is InChI=1S/C80H121NO36/c1-33-63(113-69-60(99)54(93)42(29-84)108-69)64(114-70-61(100)57(96)52(91)40(27-82)107-70)62(101)71(106-33)116-66-58(97)53(92)41(28-83)109-73(66)117-74(102)80-24-23-78(8)36(37(80)25-75(3,4)47(26-80)111-48(88)18-15-35-13-11-10-12-14-35)16-17-45-77(7)21-20-46(76(5,6)44(77)19-22-79(45,78)9)112-67-49(81-34(2)85)56(95)55(94)43(110-67)32-105-72-65(51(90)39(87)31-104-72)115-68-59(98)50(89)38(86)30-103-68/h10-16,18,33,37-47,49-73,82-84,86-87,89-101H,17,19-32H2,1-9H3,(H,81,85)/t33-,37-,38+,39-,40+,41+,42-,43+,44-,45+,46-,47-,49+,50-,51-,52+,53+,54-,55+,56+,57-,58-,59+,60+,61+,62+,63-,64-,65+,66+,67-,68-,69-,70-,71-,72-,73-,77-,78+,79+,80+/m0/s1. The van der Waals surface area contributed by atoms with Crippen molar-refractivity contribution in [3.8, 4) is 0 Å². The number of fused-ring (bicyclic) bond motifs is 7. The van der Waals surface area contributed by atoms with Gasteiger partial charge in [0.2, 0.25) is 12.2 Å². The minimum atomic E-state index is -2.17. The van der Waals surface area contributed by atoms with E-state index in [1.165, 1.54) is 19.9 Å². The second-order valence-electron chi connectivity index (χ2n) is 36.3. The van der Waals surface area contributed by atoms with Crippen molar-refractivity contribution in [2.24, 2.45) is 50.2 Å². The van der Waals surface area contributed by atoms with E-state index in [1.807, 2.05) is 44.2 Å². The van der Waals surface area contributed by atoms with Gasteiger partial charge in [-0.05, 0) is 109 Å². The number of aliphatic hydroxyl groups is 18. The molecule has 11 fully saturated rings. The molecule has 4 saturated carbocycles. The minimum absolute atomic E-state index is 0.00429. The quantitative estimate of drug-likeness (QED) is 0.0226. The molecule has 0 spiro atoms. The third kappa shape index (κ3) is 16.9. The van der Waals surface area contributed by atoms with Crippen molar-refractivity contribution in [3.63, 3.8) is 0 Å². The van der Waals surface area contributed by atoms with Gasteiger partial charge in [-0.15, -0.1) is 0 Å². The van der Waals surface area contributed by atoms with Crippen LogP contribution in [0.25, 0.3) is 6.08 Å². The van der Waals surface area contributed by atoms with Crippen molar-refractivity contribution in [1.82, 2.24) is 5.32 Å². The van der Waals surface area contributed by atoms with E-state index in [4.69, 9.17) is 71.1 Å². The number of esters is 2. The second-order valence-corrected chi connectivity index (χ2v) is 36.3. The highest BCUT2D eigenvalue weighted by molar-refractivity contribution is 5.87. The molecule has 37 nitrogen and oxygen atoms in total. The summed E-state index contributed by atoms with van der Waals surface area (Å²) in [5.74, 6) is -2.80. The highest BCUT2D eigenvalue weighted by atomic mass is 16.8. The lowest BCUT2D eigenvalue weighted by Crippen LogP contribution is -2.68. The van der Waals surface area contributed by atoms with E-state index >= 15 is 4.79 Å². The molecule has 7 saturated heterocycles. The summed E-state index contributed by atoms with van der Waals surface area (Å²) in [6, 6.07) is 7.80. The summed E-state index contributed by atoms with van der Waals surface area (Å²) in [5, 5.41) is 201. The molecule has 662 valence electrons. The second kappa shape index (κ2) is 35.5. The van der Waals surface area contributed by atoms with E-state index in [0.29, 0.717) is 38.5 Å². The van der Waals surface area contributed by atoms with Crippen molar-refractivity contribution < 1.29 is 177 Å². The van der Waals surface area contributed by atoms with Crippen LogP contribution < -0.4 is 5.32 Å². The molecule has 19 N–H and O–H groups in total. The number of carbonyl (C=O) groups excluding carboxylic acids is 3. The Bertz CT molecular complexity index is 3620. The van der Waals surface area contributed by atoms with E-state index in [1.54, 1.807) is 6.08 Å². The number of carbonyl (C=O) groups is 3. The van der Waals surface area contributed by atoms with Crippen LogP contribution in [0.3, 0.4) is 0 Å². The van der Waals surface area contributed by atoms with E-state index in [0.717, 1.165) is 11.1 Å². The molecule has 41 atom stereocenters. The summed E-state index contributed by atoms with van der Waals surface area (Å²) < 4.78 is 92.0. The molecule has 0 bridgehead atoms. The van der Waals surface area contributed by atoms with Crippen molar-refractivity contribution in [2.75, 3.05) is 39.6 Å². The van der Waals surface area contributed by atoms with Gasteiger partial charge in [-0.1, -0.05) is 90.4 Å². The zero-order valence-electron chi connectivity index (χ0n) is 67.0. The maximum absolute atomic E-state index is 16.4. The molecule has 0 unspecified atom stereocenters. The first-order valence-corrected chi connectivity index (χ1v) is 40.7. The Morgan fingerprint density at radius 1 is 0.504 bits per heavy atom. The predicted octanol–water partition coefficient (Wildman–Crippen LogP) is -4.24. The Labute approximate surface area is 676 Å².